The molecule has 0 aromatic heterocycles. The first kappa shape index (κ1) is 5.89. The number of rotatable bonds is 1. The van der Waals surface area contributed by atoms with Crippen LogP contribution in [-0.4, -0.2) is 0 Å². The SMILES string of the molecule is C=CC([O-])=C1C=CC=C1. The van der Waals surface area contributed by atoms with Gasteiger partial charge in [-0.05, 0) is 5.57 Å². The smallest absolute Gasteiger partial charge is 0.0336 e. The van der Waals surface area contributed by atoms with Crippen molar-refractivity contribution in [1.82, 2.24) is 0 Å². The lowest BCUT2D eigenvalue weighted by atomic mass is 10.2. The van der Waals surface area contributed by atoms with Gasteiger partial charge in [0.15, 0.2) is 0 Å². The van der Waals surface area contributed by atoms with Crippen LogP contribution in [-0.2, 0) is 0 Å². The van der Waals surface area contributed by atoms with Crippen LogP contribution in [0, 0.1) is 0 Å². The van der Waals surface area contributed by atoms with Gasteiger partial charge in [-0.15, -0.1) is 5.76 Å². The van der Waals surface area contributed by atoms with Crippen LogP contribution >= 0.6 is 0 Å². The van der Waals surface area contributed by atoms with E-state index in [4.69, 9.17) is 0 Å². The lowest BCUT2D eigenvalue weighted by molar-refractivity contribution is -0.295. The van der Waals surface area contributed by atoms with E-state index >= 15 is 0 Å². The standard InChI is InChI=1S/C8H8O/c1-2-8(9)7-5-3-4-6-7/h2-6,9H,1H2/p-1. The summed E-state index contributed by atoms with van der Waals surface area (Å²) in [6, 6.07) is 0. The van der Waals surface area contributed by atoms with Crippen LogP contribution in [0.4, 0.5) is 0 Å². The zero-order chi connectivity index (χ0) is 6.69. The van der Waals surface area contributed by atoms with Gasteiger partial charge in [0.2, 0.25) is 0 Å². The van der Waals surface area contributed by atoms with Crippen molar-refractivity contribution in [2.75, 3.05) is 0 Å². The fourth-order valence-electron chi connectivity index (χ4n) is 0.656. The third-order valence-corrected chi connectivity index (χ3v) is 1.13. The van der Waals surface area contributed by atoms with E-state index in [1.54, 1.807) is 12.2 Å². The summed E-state index contributed by atoms with van der Waals surface area (Å²) in [5.41, 5.74) is 0.713. The summed E-state index contributed by atoms with van der Waals surface area (Å²) in [7, 11) is 0. The molecule has 46 valence electrons. The predicted molar refractivity (Wildman–Crippen MR) is 35.5 cm³/mol. The normalized spacial score (nSPS) is 14.4. The molecule has 0 spiro atoms. The summed E-state index contributed by atoms with van der Waals surface area (Å²) < 4.78 is 0. The highest BCUT2D eigenvalue weighted by Crippen LogP contribution is 2.09. The van der Waals surface area contributed by atoms with Crippen molar-refractivity contribution in [3.05, 3.63) is 48.3 Å². The molecule has 0 unspecified atom stereocenters. The molecule has 0 radical (unpaired) electrons. The number of hydrogen-bond acceptors (Lipinski definition) is 1. The maximum absolute atomic E-state index is 10.8. The lowest BCUT2D eigenvalue weighted by Gasteiger charge is -2.06. The Bertz CT molecular complexity index is 193. The minimum atomic E-state index is -0.0139. The largest absolute Gasteiger partial charge is 0.872 e. The second-order valence-electron chi connectivity index (χ2n) is 1.74. The second-order valence-corrected chi connectivity index (χ2v) is 1.74. The minimum absolute atomic E-state index is 0.0139. The van der Waals surface area contributed by atoms with E-state index in [0.29, 0.717) is 5.57 Å². The Balaban J connectivity index is 2.93. The highest BCUT2D eigenvalue weighted by atomic mass is 16.3. The zero-order valence-electron chi connectivity index (χ0n) is 5.00. The molecule has 0 atom stereocenters. The quantitative estimate of drug-likeness (QED) is 0.470. The molecule has 1 rings (SSSR count). The first-order valence-corrected chi connectivity index (χ1v) is 2.73. The van der Waals surface area contributed by atoms with Crippen molar-refractivity contribution in [1.29, 1.82) is 0 Å². The molecule has 1 aliphatic rings. The highest BCUT2D eigenvalue weighted by Gasteiger charge is 1.88. The predicted octanol–water partition coefficient (Wildman–Crippen LogP) is 0.913. The van der Waals surface area contributed by atoms with Gasteiger partial charge in [-0.25, -0.2) is 0 Å². The molecule has 0 saturated heterocycles. The fourth-order valence-corrected chi connectivity index (χ4v) is 0.656. The van der Waals surface area contributed by atoms with Gasteiger partial charge in [-0.3, -0.25) is 0 Å². The van der Waals surface area contributed by atoms with Gasteiger partial charge in [0.1, 0.15) is 0 Å². The van der Waals surface area contributed by atoms with Crippen molar-refractivity contribution in [2.24, 2.45) is 0 Å². The van der Waals surface area contributed by atoms with E-state index in [1.165, 1.54) is 6.08 Å². The highest BCUT2D eigenvalue weighted by molar-refractivity contribution is 5.43. The van der Waals surface area contributed by atoms with E-state index in [0.717, 1.165) is 0 Å². The third kappa shape index (κ3) is 1.11. The molecule has 0 N–H and O–H groups in total. The van der Waals surface area contributed by atoms with Crippen molar-refractivity contribution < 1.29 is 5.11 Å². The molecular formula is C8H7O-. The minimum Gasteiger partial charge on any atom is -0.872 e. The van der Waals surface area contributed by atoms with Crippen LogP contribution in [0.15, 0.2) is 48.3 Å². The molecule has 0 aromatic rings. The van der Waals surface area contributed by atoms with Crippen LogP contribution in [0.3, 0.4) is 0 Å². The fraction of sp³-hybridized carbons (Fsp3) is 0. The van der Waals surface area contributed by atoms with Crippen LogP contribution in [0.25, 0.3) is 0 Å². The Labute approximate surface area is 54.3 Å². The summed E-state index contributed by atoms with van der Waals surface area (Å²) in [5, 5.41) is 10.8. The zero-order valence-corrected chi connectivity index (χ0v) is 5.00. The van der Waals surface area contributed by atoms with Crippen LogP contribution in [0.5, 0.6) is 0 Å². The molecule has 0 bridgehead atoms. The summed E-state index contributed by atoms with van der Waals surface area (Å²) in [5.74, 6) is -0.0139. The maximum Gasteiger partial charge on any atom is -0.0336 e. The molecule has 1 aliphatic carbocycles. The van der Waals surface area contributed by atoms with Gasteiger partial charge in [0.05, 0.1) is 0 Å². The second kappa shape index (κ2) is 2.35. The van der Waals surface area contributed by atoms with E-state index in [1.807, 2.05) is 12.2 Å². The molecule has 1 heteroatoms. The Morgan fingerprint density at radius 2 is 2.00 bits per heavy atom. The van der Waals surface area contributed by atoms with Crippen LogP contribution < -0.4 is 5.11 Å². The van der Waals surface area contributed by atoms with Gasteiger partial charge in [-0.2, -0.15) is 0 Å². The number of allylic oxidation sites excluding steroid dienone is 6. The van der Waals surface area contributed by atoms with Crippen molar-refractivity contribution >= 4 is 0 Å². The molecular weight excluding hydrogens is 112 g/mol. The molecule has 0 saturated carbocycles. The average Bonchev–Trinajstić information content (AvgIpc) is 2.37. The average molecular weight is 119 g/mol. The summed E-state index contributed by atoms with van der Waals surface area (Å²) in [6.45, 7) is 3.37. The summed E-state index contributed by atoms with van der Waals surface area (Å²) >= 11 is 0. The Hall–Kier alpha value is -1.24. The first-order chi connectivity index (χ1) is 4.34. The number of hydrogen-bond donors (Lipinski definition) is 0. The van der Waals surface area contributed by atoms with Crippen LogP contribution in [0.1, 0.15) is 0 Å². The topological polar surface area (TPSA) is 23.1 Å². The lowest BCUT2D eigenvalue weighted by Crippen LogP contribution is -2.01. The van der Waals surface area contributed by atoms with Gasteiger partial charge >= 0.3 is 0 Å². The van der Waals surface area contributed by atoms with Gasteiger partial charge < -0.3 is 5.11 Å². The van der Waals surface area contributed by atoms with E-state index in [-0.39, 0.29) is 5.76 Å². The molecule has 0 heterocycles. The Morgan fingerprint density at radius 1 is 1.44 bits per heavy atom. The molecule has 0 fully saturated rings. The molecule has 9 heavy (non-hydrogen) atoms. The third-order valence-electron chi connectivity index (χ3n) is 1.13. The summed E-state index contributed by atoms with van der Waals surface area (Å²) in [4.78, 5) is 0. The first-order valence-electron chi connectivity index (χ1n) is 2.73. The van der Waals surface area contributed by atoms with E-state index < -0.39 is 0 Å². The molecule has 1 nitrogen and oxygen atoms in total. The van der Waals surface area contributed by atoms with Crippen molar-refractivity contribution in [3.63, 3.8) is 0 Å². The Kier molecular flexibility index (Phi) is 1.54. The molecule has 0 aliphatic heterocycles. The Morgan fingerprint density at radius 3 is 2.44 bits per heavy atom. The summed E-state index contributed by atoms with van der Waals surface area (Å²) in [6.07, 6.45) is 8.51. The molecule has 0 amide bonds. The van der Waals surface area contributed by atoms with Gasteiger partial charge in [-0.1, -0.05) is 37.0 Å². The molecule has 0 aromatic carbocycles. The van der Waals surface area contributed by atoms with Crippen LogP contribution in [0.2, 0.25) is 0 Å². The van der Waals surface area contributed by atoms with Crippen molar-refractivity contribution in [2.45, 2.75) is 0 Å². The van der Waals surface area contributed by atoms with Gasteiger partial charge in [0, 0.05) is 0 Å². The van der Waals surface area contributed by atoms with E-state index in [9.17, 15) is 5.11 Å². The maximum atomic E-state index is 10.8. The van der Waals surface area contributed by atoms with Crippen molar-refractivity contribution in [3.8, 4) is 0 Å². The van der Waals surface area contributed by atoms with E-state index in [2.05, 4.69) is 6.58 Å². The monoisotopic (exact) mass is 119 g/mol. The van der Waals surface area contributed by atoms with Gasteiger partial charge in [0.25, 0.3) is 0 Å².